The highest BCUT2D eigenvalue weighted by molar-refractivity contribution is 7.98. The smallest absolute Gasteiger partial charge is 0.140 e. The second-order valence-electron chi connectivity index (χ2n) is 2.45. The van der Waals surface area contributed by atoms with Gasteiger partial charge >= 0.3 is 0 Å². The van der Waals surface area contributed by atoms with Gasteiger partial charge in [-0.1, -0.05) is 18.7 Å². The molecule has 2 heteroatoms. The summed E-state index contributed by atoms with van der Waals surface area (Å²) in [7, 11) is 0. The summed E-state index contributed by atoms with van der Waals surface area (Å²) in [6.07, 6.45) is 4.90. The van der Waals surface area contributed by atoms with E-state index in [4.69, 9.17) is 4.74 Å². The van der Waals surface area contributed by atoms with Crippen molar-refractivity contribution in [2.24, 2.45) is 0 Å². The molecule has 0 bridgehead atoms. The quantitative estimate of drug-likeness (QED) is 0.679. The summed E-state index contributed by atoms with van der Waals surface area (Å²) >= 11 is 1.67. The lowest BCUT2D eigenvalue weighted by molar-refractivity contribution is 0.331. The molecule has 0 N–H and O–H groups in total. The minimum atomic E-state index is 0.673. The molecule has 0 aromatic heterocycles. The van der Waals surface area contributed by atoms with E-state index >= 15 is 0 Å². The number of hydrogen-bond acceptors (Lipinski definition) is 2. The van der Waals surface area contributed by atoms with Crippen LogP contribution in [-0.4, -0.2) is 12.9 Å². The van der Waals surface area contributed by atoms with Crippen molar-refractivity contribution < 1.29 is 4.74 Å². The topological polar surface area (TPSA) is 9.23 Å². The van der Waals surface area contributed by atoms with Crippen molar-refractivity contribution in [3.8, 4) is 5.75 Å². The lowest BCUT2D eigenvalue weighted by atomic mass is 10.2. The maximum Gasteiger partial charge on any atom is 0.140 e. The summed E-state index contributed by atoms with van der Waals surface area (Å²) < 4.78 is 5.53. The van der Waals surface area contributed by atoms with E-state index in [1.165, 1.54) is 0 Å². The number of thioether (sulfide) groups is 1. The molecular formula is C11H13OS. The van der Waals surface area contributed by atoms with E-state index in [2.05, 4.69) is 12.7 Å². The molecule has 0 heterocycles. The summed E-state index contributed by atoms with van der Waals surface area (Å²) in [5, 5.41) is 0. The monoisotopic (exact) mass is 193 g/mol. The van der Waals surface area contributed by atoms with E-state index in [0.717, 1.165) is 16.2 Å². The lowest BCUT2D eigenvalue weighted by Gasteiger charge is -2.10. The second kappa shape index (κ2) is 4.97. The van der Waals surface area contributed by atoms with Crippen LogP contribution in [0.4, 0.5) is 0 Å². The number of para-hydroxylation sites is 1. The minimum absolute atomic E-state index is 0.673. The van der Waals surface area contributed by atoms with Gasteiger partial charge in [0.05, 0.1) is 6.61 Å². The predicted molar refractivity (Wildman–Crippen MR) is 57.4 cm³/mol. The molecule has 1 rings (SSSR count). The maximum absolute atomic E-state index is 5.53. The maximum atomic E-state index is 5.53. The fourth-order valence-corrected chi connectivity index (χ4v) is 1.68. The van der Waals surface area contributed by atoms with Crippen LogP contribution < -0.4 is 4.74 Å². The summed E-state index contributed by atoms with van der Waals surface area (Å²) in [6, 6.07) is 5.98. The van der Waals surface area contributed by atoms with E-state index in [-0.39, 0.29) is 0 Å². The van der Waals surface area contributed by atoms with Crippen molar-refractivity contribution in [1.82, 2.24) is 0 Å². The number of rotatable bonds is 4. The minimum Gasteiger partial charge on any atom is -0.492 e. The largest absolute Gasteiger partial charge is 0.492 e. The highest BCUT2D eigenvalue weighted by atomic mass is 32.2. The van der Waals surface area contributed by atoms with Crippen LogP contribution in [0.2, 0.25) is 0 Å². The zero-order valence-electron chi connectivity index (χ0n) is 7.96. The molecule has 0 saturated carbocycles. The third-order valence-electron chi connectivity index (χ3n) is 1.68. The molecule has 1 aromatic carbocycles. The Hall–Kier alpha value is -0.890. The lowest BCUT2D eigenvalue weighted by Crippen LogP contribution is -1.95. The Balaban J connectivity index is 3.12. The van der Waals surface area contributed by atoms with E-state index in [0.29, 0.717) is 6.61 Å². The Morgan fingerprint density at radius 3 is 2.85 bits per heavy atom. The Morgan fingerprint density at radius 2 is 2.31 bits per heavy atom. The molecule has 0 amide bonds. The van der Waals surface area contributed by atoms with Crippen molar-refractivity contribution >= 4 is 11.8 Å². The van der Waals surface area contributed by atoms with Crippen LogP contribution in [0.25, 0.3) is 0 Å². The number of hydrogen-bond donors (Lipinski definition) is 0. The highest BCUT2D eigenvalue weighted by Gasteiger charge is 2.05. The summed E-state index contributed by atoms with van der Waals surface area (Å²) in [5.41, 5.74) is 0.939. The van der Waals surface area contributed by atoms with Gasteiger partial charge in [-0.15, -0.1) is 11.8 Å². The van der Waals surface area contributed by atoms with Crippen molar-refractivity contribution in [3.05, 3.63) is 36.4 Å². The van der Waals surface area contributed by atoms with Crippen molar-refractivity contribution in [1.29, 1.82) is 0 Å². The molecule has 0 saturated heterocycles. The molecular weight excluding hydrogens is 180 g/mol. The standard InChI is InChI=1S/C11H13OS/c1-4-9-7-6-8-10(13-3)11(9)12-5-2/h6-8H,1,5H2,2-3H3. The van der Waals surface area contributed by atoms with Crippen LogP contribution in [0.3, 0.4) is 0 Å². The summed E-state index contributed by atoms with van der Waals surface area (Å²) in [5.74, 6) is 0.896. The first-order valence-corrected chi connectivity index (χ1v) is 5.38. The Labute approximate surface area is 83.8 Å². The summed E-state index contributed by atoms with van der Waals surface area (Å²) in [6.45, 7) is 6.28. The Kier molecular flexibility index (Phi) is 3.90. The molecule has 0 spiro atoms. The first-order valence-electron chi connectivity index (χ1n) is 4.16. The van der Waals surface area contributed by atoms with Crippen molar-refractivity contribution in [2.45, 2.75) is 11.8 Å². The van der Waals surface area contributed by atoms with E-state index in [1.807, 2.05) is 31.4 Å². The molecule has 0 aliphatic carbocycles. The number of ether oxygens (including phenoxy) is 1. The normalized spacial score (nSPS) is 9.69. The molecule has 0 aliphatic rings. The Morgan fingerprint density at radius 1 is 1.54 bits per heavy atom. The zero-order valence-corrected chi connectivity index (χ0v) is 8.78. The van der Waals surface area contributed by atoms with Crippen LogP contribution in [0.15, 0.2) is 29.7 Å². The third kappa shape index (κ3) is 2.28. The van der Waals surface area contributed by atoms with Gasteiger partial charge in [-0.3, -0.25) is 0 Å². The third-order valence-corrected chi connectivity index (χ3v) is 2.44. The fourth-order valence-electron chi connectivity index (χ4n) is 1.11. The van der Waals surface area contributed by atoms with Crippen molar-refractivity contribution in [2.75, 3.05) is 12.9 Å². The van der Waals surface area contributed by atoms with E-state index in [9.17, 15) is 0 Å². The molecule has 1 radical (unpaired) electrons. The number of benzene rings is 1. The van der Waals surface area contributed by atoms with E-state index in [1.54, 1.807) is 11.8 Å². The molecule has 13 heavy (non-hydrogen) atoms. The van der Waals surface area contributed by atoms with Crippen LogP contribution in [0.5, 0.6) is 5.75 Å². The molecule has 0 aliphatic heterocycles. The van der Waals surface area contributed by atoms with Gasteiger partial charge in [0, 0.05) is 10.5 Å². The van der Waals surface area contributed by atoms with Gasteiger partial charge in [-0.2, -0.15) is 0 Å². The Bertz CT molecular complexity index is 294. The van der Waals surface area contributed by atoms with Crippen LogP contribution in [0, 0.1) is 6.08 Å². The molecule has 0 atom stereocenters. The van der Waals surface area contributed by atoms with Gasteiger partial charge in [-0.25, -0.2) is 0 Å². The van der Waals surface area contributed by atoms with Gasteiger partial charge in [0.15, 0.2) is 0 Å². The average molecular weight is 193 g/mol. The molecule has 0 fully saturated rings. The highest BCUT2D eigenvalue weighted by Crippen LogP contribution is 2.31. The molecule has 0 unspecified atom stereocenters. The second-order valence-corrected chi connectivity index (χ2v) is 3.29. The van der Waals surface area contributed by atoms with Gasteiger partial charge in [0.25, 0.3) is 0 Å². The van der Waals surface area contributed by atoms with Gasteiger partial charge in [0.2, 0.25) is 0 Å². The predicted octanol–water partition coefficient (Wildman–Crippen LogP) is 3.14. The van der Waals surface area contributed by atoms with Crippen LogP contribution >= 0.6 is 11.8 Å². The molecule has 1 aromatic rings. The van der Waals surface area contributed by atoms with Crippen LogP contribution in [-0.2, 0) is 0 Å². The van der Waals surface area contributed by atoms with Gasteiger partial charge < -0.3 is 4.74 Å². The first-order chi connectivity index (χ1) is 6.33. The van der Waals surface area contributed by atoms with Gasteiger partial charge in [-0.05, 0) is 25.3 Å². The zero-order chi connectivity index (χ0) is 9.68. The average Bonchev–Trinajstić information content (AvgIpc) is 2.18. The van der Waals surface area contributed by atoms with Crippen molar-refractivity contribution in [3.63, 3.8) is 0 Å². The van der Waals surface area contributed by atoms with Crippen LogP contribution in [0.1, 0.15) is 12.5 Å². The SMILES string of the molecule is C=[C]c1cccc(SC)c1OCC. The molecule has 69 valence electrons. The summed E-state index contributed by atoms with van der Waals surface area (Å²) in [4.78, 5) is 1.13. The first kappa shape index (κ1) is 10.2. The van der Waals surface area contributed by atoms with E-state index < -0.39 is 0 Å². The van der Waals surface area contributed by atoms with Gasteiger partial charge in [0.1, 0.15) is 5.75 Å². The molecule has 1 nitrogen and oxygen atoms in total. The fraction of sp³-hybridized carbons (Fsp3) is 0.273.